The zero-order chi connectivity index (χ0) is 30.6. The van der Waals surface area contributed by atoms with Gasteiger partial charge in [-0.3, -0.25) is 0 Å². The lowest BCUT2D eigenvalue weighted by molar-refractivity contribution is 0.487. The van der Waals surface area contributed by atoms with E-state index >= 15 is 0 Å². The molecule has 0 aromatic heterocycles. The van der Waals surface area contributed by atoms with Crippen LogP contribution in [0, 0.1) is 6.92 Å². The Morgan fingerprint density at radius 1 is 0.435 bits per heavy atom. The highest BCUT2D eigenvalue weighted by Crippen LogP contribution is 2.43. The molecule has 2 heterocycles. The van der Waals surface area contributed by atoms with Crippen LogP contribution in [-0.2, 0) is 0 Å². The Labute approximate surface area is 270 Å². The lowest BCUT2D eigenvalue weighted by atomic mass is 9.33. The van der Waals surface area contributed by atoms with Gasteiger partial charge in [-0.1, -0.05) is 115 Å². The van der Waals surface area contributed by atoms with Crippen molar-refractivity contribution >= 4 is 40.2 Å². The highest BCUT2D eigenvalue weighted by atomic mass is 16.5. The summed E-state index contributed by atoms with van der Waals surface area (Å²) >= 11 is 0. The van der Waals surface area contributed by atoms with E-state index in [1.807, 2.05) is 0 Å². The second kappa shape index (κ2) is 10.7. The van der Waals surface area contributed by atoms with E-state index in [2.05, 4.69) is 176 Å². The molecule has 0 radical (unpaired) electrons. The molecule has 46 heavy (non-hydrogen) atoms. The number of ether oxygens (including phenoxy) is 1. The highest BCUT2D eigenvalue weighted by Gasteiger charge is 2.42. The maximum absolute atomic E-state index is 6.54. The summed E-state index contributed by atoms with van der Waals surface area (Å²) in [7, 11) is 0. The molecule has 0 aliphatic carbocycles. The van der Waals surface area contributed by atoms with Crippen molar-refractivity contribution < 1.29 is 4.74 Å². The van der Waals surface area contributed by atoms with Gasteiger partial charge in [0.15, 0.2) is 0 Å². The Balaban J connectivity index is 1.31. The summed E-state index contributed by atoms with van der Waals surface area (Å²) in [4.78, 5) is 2.43. The van der Waals surface area contributed by atoms with Crippen molar-refractivity contribution in [1.82, 2.24) is 0 Å². The molecule has 2 aliphatic rings. The largest absolute Gasteiger partial charge is 0.458 e. The van der Waals surface area contributed by atoms with E-state index in [1.165, 1.54) is 61.0 Å². The summed E-state index contributed by atoms with van der Waals surface area (Å²) in [6.07, 6.45) is 0. The average Bonchev–Trinajstić information content (AvgIpc) is 3.12. The molecule has 9 rings (SSSR count). The Morgan fingerprint density at radius 2 is 0.978 bits per heavy atom. The first-order chi connectivity index (χ1) is 22.7. The fourth-order valence-electron chi connectivity index (χ4n) is 7.37. The molecular weight excluding hydrogens is 557 g/mol. The van der Waals surface area contributed by atoms with Gasteiger partial charge in [-0.25, -0.2) is 0 Å². The van der Waals surface area contributed by atoms with Crippen molar-refractivity contribution in [3.05, 3.63) is 169 Å². The van der Waals surface area contributed by atoms with Crippen LogP contribution >= 0.6 is 0 Å². The molecule has 0 saturated carbocycles. The number of para-hydroxylation sites is 2. The van der Waals surface area contributed by atoms with Gasteiger partial charge in [-0.15, -0.1) is 0 Å². The first kappa shape index (κ1) is 26.6. The number of hydrogen-bond donors (Lipinski definition) is 0. The van der Waals surface area contributed by atoms with Crippen molar-refractivity contribution in [2.24, 2.45) is 0 Å². The Morgan fingerprint density at radius 3 is 1.65 bits per heavy atom. The van der Waals surface area contributed by atoms with Crippen molar-refractivity contribution in [2.45, 2.75) is 6.92 Å². The van der Waals surface area contributed by atoms with Crippen LogP contribution in [0.15, 0.2) is 164 Å². The second-order valence-electron chi connectivity index (χ2n) is 12.2. The molecule has 0 atom stereocenters. The van der Waals surface area contributed by atoms with Crippen LogP contribution in [0.3, 0.4) is 0 Å². The molecule has 7 aromatic carbocycles. The molecule has 0 unspecified atom stereocenters. The average molecular weight is 588 g/mol. The van der Waals surface area contributed by atoms with E-state index in [0.29, 0.717) is 0 Å². The Hall–Kier alpha value is -5.80. The van der Waals surface area contributed by atoms with Crippen LogP contribution in [-0.4, -0.2) is 6.71 Å². The van der Waals surface area contributed by atoms with E-state index in [1.54, 1.807) is 0 Å². The number of benzene rings is 7. The van der Waals surface area contributed by atoms with Gasteiger partial charge < -0.3 is 9.64 Å². The maximum Gasteiger partial charge on any atom is 0.256 e. The van der Waals surface area contributed by atoms with Gasteiger partial charge in [-0.2, -0.15) is 0 Å². The molecule has 0 bridgehead atoms. The van der Waals surface area contributed by atoms with Crippen LogP contribution in [0.25, 0.3) is 33.4 Å². The summed E-state index contributed by atoms with van der Waals surface area (Å²) in [6.45, 7) is 2.35. The summed E-state index contributed by atoms with van der Waals surface area (Å²) < 4.78 is 6.54. The molecule has 0 fully saturated rings. The molecule has 0 spiro atoms. The zero-order valence-corrected chi connectivity index (χ0v) is 25.5. The van der Waals surface area contributed by atoms with Gasteiger partial charge in [0.05, 0.1) is 0 Å². The molecule has 0 N–H and O–H groups in total. The Bertz CT molecular complexity index is 2190. The highest BCUT2D eigenvalue weighted by molar-refractivity contribution is 6.99. The van der Waals surface area contributed by atoms with Crippen molar-refractivity contribution in [1.29, 1.82) is 0 Å². The molecule has 2 nitrogen and oxygen atoms in total. The minimum absolute atomic E-state index is 0.0793. The predicted octanol–water partition coefficient (Wildman–Crippen LogP) is 9.40. The first-order valence-electron chi connectivity index (χ1n) is 15.9. The quantitative estimate of drug-likeness (QED) is 0.190. The Kier molecular flexibility index (Phi) is 6.17. The van der Waals surface area contributed by atoms with Gasteiger partial charge in [0.25, 0.3) is 6.71 Å². The minimum Gasteiger partial charge on any atom is -0.458 e. The third-order valence-electron chi connectivity index (χ3n) is 9.41. The summed E-state index contributed by atoms with van der Waals surface area (Å²) in [5.74, 6) is 1.86. The summed E-state index contributed by atoms with van der Waals surface area (Å²) in [6, 6.07) is 58.9. The second-order valence-corrected chi connectivity index (χ2v) is 12.2. The van der Waals surface area contributed by atoms with E-state index in [4.69, 9.17) is 4.74 Å². The monoisotopic (exact) mass is 587 g/mol. The van der Waals surface area contributed by atoms with Crippen molar-refractivity contribution in [3.63, 3.8) is 0 Å². The molecule has 7 aromatic rings. The molecule has 216 valence electrons. The van der Waals surface area contributed by atoms with Crippen LogP contribution in [0.5, 0.6) is 11.5 Å². The minimum atomic E-state index is 0.0793. The molecule has 0 saturated heterocycles. The van der Waals surface area contributed by atoms with Crippen LogP contribution in [0.4, 0.5) is 17.1 Å². The number of hydrogen-bond acceptors (Lipinski definition) is 2. The third-order valence-corrected chi connectivity index (χ3v) is 9.41. The van der Waals surface area contributed by atoms with E-state index in [-0.39, 0.29) is 6.71 Å². The number of anilines is 3. The number of aryl methyl sites for hydroxylation is 1. The SMILES string of the molecule is Cc1cc(-c2cc(-c3ccccc3)cc(-c3ccccc3)c2)cc2c1B1c3ccccc3Oc3cccc(c31)N2c1ccccc1. The topological polar surface area (TPSA) is 12.5 Å². The summed E-state index contributed by atoms with van der Waals surface area (Å²) in [5.41, 5.74) is 15.8. The fourth-order valence-corrected chi connectivity index (χ4v) is 7.37. The molecule has 0 amide bonds. The van der Waals surface area contributed by atoms with E-state index in [9.17, 15) is 0 Å². The van der Waals surface area contributed by atoms with Crippen LogP contribution in [0.1, 0.15) is 5.56 Å². The fraction of sp³-hybridized carbons (Fsp3) is 0.0233. The summed E-state index contributed by atoms with van der Waals surface area (Å²) in [5, 5.41) is 0. The van der Waals surface area contributed by atoms with Gasteiger partial charge >= 0.3 is 0 Å². The molecular formula is C43H30BNO. The normalized spacial score (nSPS) is 12.5. The standard InChI is InChI=1S/C43H30BNO/c1-29-24-32(35-26-33(30-14-5-2-6-15-30)25-34(27-35)31-16-7-3-8-17-31)28-39-42(29)44-37-20-11-12-22-40(37)46-41-23-13-21-38(43(41)44)45(39)36-18-9-4-10-19-36/h2-28H,1H3. The van der Waals surface area contributed by atoms with Gasteiger partial charge in [0, 0.05) is 17.1 Å². The van der Waals surface area contributed by atoms with Gasteiger partial charge in [0.2, 0.25) is 0 Å². The number of fused-ring (bicyclic) bond motifs is 4. The maximum atomic E-state index is 6.54. The predicted molar refractivity (Wildman–Crippen MR) is 193 cm³/mol. The van der Waals surface area contributed by atoms with Crippen LogP contribution < -0.4 is 26.0 Å². The third kappa shape index (κ3) is 4.28. The molecule has 3 heteroatoms. The lowest BCUT2D eigenvalue weighted by Crippen LogP contribution is -2.60. The zero-order valence-electron chi connectivity index (χ0n) is 25.5. The van der Waals surface area contributed by atoms with Crippen LogP contribution in [0.2, 0.25) is 0 Å². The van der Waals surface area contributed by atoms with E-state index in [0.717, 1.165) is 22.9 Å². The first-order valence-corrected chi connectivity index (χ1v) is 15.9. The molecule has 2 aliphatic heterocycles. The van der Waals surface area contributed by atoms with Crippen molar-refractivity contribution in [3.8, 4) is 44.9 Å². The van der Waals surface area contributed by atoms with Crippen molar-refractivity contribution in [2.75, 3.05) is 4.90 Å². The smallest absolute Gasteiger partial charge is 0.256 e. The lowest BCUT2D eigenvalue weighted by Gasteiger charge is -2.41. The number of nitrogens with zero attached hydrogens (tertiary/aromatic N) is 1. The number of rotatable bonds is 4. The van der Waals surface area contributed by atoms with Gasteiger partial charge in [0.1, 0.15) is 11.5 Å². The van der Waals surface area contributed by atoms with E-state index < -0.39 is 0 Å². The van der Waals surface area contributed by atoms with Gasteiger partial charge in [-0.05, 0) is 111 Å².